The molecule has 2 atom stereocenters. The van der Waals surface area contributed by atoms with Gasteiger partial charge in [0.1, 0.15) is 25.2 Å². The topological polar surface area (TPSA) is 227 Å². The molecule has 1 aromatic heterocycles. The summed E-state index contributed by atoms with van der Waals surface area (Å²) in [6.45, 7) is 7.22. The normalized spacial score (nSPS) is 11.8. The molecule has 53 heavy (non-hydrogen) atoms. The summed E-state index contributed by atoms with van der Waals surface area (Å²) in [5, 5.41) is 7.43. The van der Waals surface area contributed by atoms with E-state index in [4.69, 9.17) is 0 Å². The fourth-order valence-electron chi connectivity index (χ4n) is 5.84. The molecule has 16 heteroatoms. The molecule has 15 N–H and O–H groups in total. The molecule has 0 fully saturated rings. The Morgan fingerprint density at radius 2 is 1.34 bits per heavy atom. The molecule has 0 saturated carbocycles. The maximum absolute atomic E-state index is 13.6. The number of anilines is 1. The van der Waals surface area contributed by atoms with Gasteiger partial charge in [-0.2, -0.15) is 0 Å². The number of halogens is 2. The Hall–Kier alpha value is -4.02. The van der Waals surface area contributed by atoms with Crippen molar-refractivity contribution in [2.75, 3.05) is 70.8 Å². The molecule has 4 amide bonds. The van der Waals surface area contributed by atoms with Gasteiger partial charge in [-0.05, 0) is 30.5 Å². The quantitative estimate of drug-likeness (QED) is 0.0515. The van der Waals surface area contributed by atoms with E-state index in [9.17, 15) is 19.2 Å². The molecule has 14 nitrogen and oxygen atoms in total. The second-order valence-corrected chi connectivity index (χ2v) is 12.8. The molecule has 292 valence electrons. The van der Waals surface area contributed by atoms with Crippen LogP contribution in [-0.2, 0) is 25.6 Å². The standard InChI is InChI=1S/C37H54N10O4.2ClH/c1-2-19-45(20-16-38)35(49)26-47(27-36(50)46(21-17-39)22-18-40)34(48)15-13-30(41)24-42-33(14-12-28-8-4-3-5-9-28)37(51)44-31-23-29-10-6-7-11-32(29)43-25-31;;/h3-11,23,25,30,33,42H,1-2,12-22,24,26-27,38-41H2;2*1H/p+4. The van der Waals surface area contributed by atoms with Gasteiger partial charge in [0.2, 0.25) is 29.1 Å². The van der Waals surface area contributed by atoms with Crippen LogP contribution in [0.5, 0.6) is 0 Å². The second-order valence-electron chi connectivity index (χ2n) is 12.8. The van der Waals surface area contributed by atoms with Crippen molar-refractivity contribution < 1.29 is 71.9 Å². The number of hydrogen-bond acceptors (Lipinski definition) is 5. The number of nitrogens with zero attached hydrogens (tertiary/aromatic N) is 3. The number of para-hydroxylation sites is 1. The zero-order chi connectivity index (χ0) is 37.0. The third kappa shape index (κ3) is 16.3. The van der Waals surface area contributed by atoms with E-state index in [0.29, 0.717) is 83.7 Å². The van der Waals surface area contributed by atoms with Gasteiger partial charge in [-0.25, -0.2) is 4.98 Å². The van der Waals surface area contributed by atoms with Crippen molar-refractivity contribution in [1.82, 2.24) is 20.0 Å². The number of amides is 4. The van der Waals surface area contributed by atoms with Gasteiger partial charge in [-0.1, -0.05) is 42.5 Å². The first-order valence-electron chi connectivity index (χ1n) is 18.0. The Bertz CT molecular complexity index is 1500. The van der Waals surface area contributed by atoms with E-state index in [1.165, 1.54) is 4.90 Å². The van der Waals surface area contributed by atoms with E-state index in [-0.39, 0.29) is 74.0 Å². The number of benzene rings is 2. The fraction of sp³-hybridized carbons (Fsp3) is 0.459. The summed E-state index contributed by atoms with van der Waals surface area (Å²) < 4.78 is 0. The average Bonchev–Trinajstić information content (AvgIpc) is 3.13. The van der Waals surface area contributed by atoms with Gasteiger partial charge in [0.25, 0.3) is 0 Å². The highest BCUT2D eigenvalue weighted by atomic mass is 35.5. The number of pyridine rings is 1. The Labute approximate surface area is 325 Å². The molecular weight excluding hydrogens is 719 g/mol. The highest BCUT2D eigenvalue weighted by Gasteiger charge is 2.27. The van der Waals surface area contributed by atoms with Crippen LogP contribution in [0.4, 0.5) is 5.69 Å². The fourth-order valence-corrected chi connectivity index (χ4v) is 5.84. The van der Waals surface area contributed by atoms with Gasteiger partial charge in [-0.15, -0.1) is 0 Å². The van der Waals surface area contributed by atoms with Gasteiger partial charge in [0.05, 0.1) is 64.8 Å². The van der Waals surface area contributed by atoms with E-state index < -0.39 is 6.04 Å². The minimum absolute atomic E-state index is 0. The lowest BCUT2D eigenvalue weighted by Crippen LogP contribution is -3.00. The number of nitrogens with one attached hydrogen (secondary N) is 3. The summed E-state index contributed by atoms with van der Waals surface area (Å²) >= 11 is 0. The number of fused-ring (bicyclic) bond motifs is 1. The van der Waals surface area contributed by atoms with Crippen LogP contribution in [0.15, 0.2) is 66.9 Å². The molecule has 0 radical (unpaired) electrons. The lowest BCUT2D eigenvalue weighted by atomic mass is 10.0. The number of rotatable bonds is 23. The first-order chi connectivity index (χ1) is 24.7. The van der Waals surface area contributed by atoms with Crippen LogP contribution >= 0.6 is 0 Å². The molecule has 2 unspecified atom stereocenters. The molecule has 0 aliphatic rings. The predicted molar refractivity (Wildman–Crippen MR) is 195 cm³/mol. The lowest BCUT2D eigenvalue weighted by Gasteiger charge is -2.28. The van der Waals surface area contributed by atoms with E-state index in [0.717, 1.165) is 16.5 Å². The minimum Gasteiger partial charge on any atom is -1.00 e. The van der Waals surface area contributed by atoms with Crippen molar-refractivity contribution in [1.29, 1.82) is 0 Å². The molecule has 1 heterocycles. The number of aromatic nitrogens is 1. The van der Waals surface area contributed by atoms with Crippen molar-refractivity contribution in [3.05, 3.63) is 79.3 Å². The smallest absolute Gasteiger partial charge is 0.242 e. The Kier molecular flexibility index (Phi) is 22.9. The maximum Gasteiger partial charge on any atom is 0.242 e. The van der Waals surface area contributed by atoms with Crippen molar-refractivity contribution in [2.24, 2.45) is 0 Å². The third-order valence-corrected chi connectivity index (χ3v) is 8.65. The van der Waals surface area contributed by atoms with E-state index in [1.807, 2.05) is 60.7 Å². The number of hydrogen-bond donors (Lipinski definition) is 6. The second kappa shape index (κ2) is 25.9. The molecule has 0 bridgehead atoms. The first-order valence-corrected chi connectivity index (χ1v) is 18.0. The Morgan fingerprint density at radius 3 is 1.94 bits per heavy atom. The van der Waals surface area contributed by atoms with E-state index >= 15 is 0 Å². The van der Waals surface area contributed by atoms with Crippen molar-refractivity contribution >= 4 is 40.2 Å². The summed E-state index contributed by atoms with van der Waals surface area (Å²) in [4.78, 5) is 61.6. The van der Waals surface area contributed by atoms with Crippen LogP contribution in [0.3, 0.4) is 0 Å². The summed E-state index contributed by atoms with van der Waals surface area (Å²) in [5.74, 6) is -0.948. The van der Waals surface area contributed by atoms with Crippen molar-refractivity contribution in [2.45, 2.75) is 44.2 Å². The number of aryl methyl sites for hydroxylation is 1. The third-order valence-electron chi connectivity index (χ3n) is 8.65. The highest BCUT2D eigenvalue weighted by molar-refractivity contribution is 5.96. The van der Waals surface area contributed by atoms with Crippen molar-refractivity contribution in [3.8, 4) is 0 Å². The molecule has 0 aliphatic heterocycles. The summed E-state index contributed by atoms with van der Waals surface area (Å²) in [6, 6.07) is 19.1. The SMILES string of the molecule is [CH2+]CCN(CC[NH3+])C(=O)CN(CC(=O)N(CC[NH3+])CC[NH3+])C(=O)CCC([NH3+])CNC(CCc1ccccc1)C(=O)Nc1c[nH+]c2ccccc2c1.[Cl-].[Cl-]. The summed E-state index contributed by atoms with van der Waals surface area (Å²) in [5.41, 5.74) is 18.6. The van der Waals surface area contributed by atoms with Gasteiger partial charge in [-0.3, -0.25) is 19.2 Å². The Balaban J connectivity index is 0.00000702. The monoisotopic (exact) mass is 778 g/mol. The van der Waals surface area contributed by atoms with Crippen LogP contribution in [0.1, 0.15) is 31.2 Å². The van der Waals surface area contributed by atoms with Gasteiger partial charge < -0.3 is 73.1 Å². The Morgan fingerprint density at radius 1 is 0.755 bits per heavy atom. The number of H-pyrrole nitrogens is 1. The van der Waals surface area contributed by atoms with Gasteiger partial charge in [0.15, 0.2) is 6.20 Å². The summed E-state index contributed by atoms with van der Waals surface area (Å²) in [7, 11) is 0. The van der Waals surface area contributed by atoms with E-state index in [2.05, 4.69) is 45.5 Å². The van der Waals surface area contributed by atoms with Crippen molar-refractivity contribution in [3.63, 3.8) is 0 Å². The summed E-state index contributed by atoms with van der Waals surface area (Å²) in [6.07, 6.45) is 4.07. The number of aromatic amines is 1. The average molecular weight is 780 g/mol. The molecule has 0 aliphatic carbocycles. The van der Waals surface area contributed by atoms with E-state index in [1.54, 1.807) is 16.0 Å². The number of quaternary nitrogens is 4. The minimum atomic E-state index is -0.512. The molecule has 2 aromatic carbocycles. The van der Waals surface area contributed by atoms with Crippen LogP contribution in [0.2, 0.25) is 0 Å². The highest BCUT2D eigenvalue weighted by Crippen LogP contribution is 2.15. The maximum atomic E-state index is 13.6. The molecular formula is C37H60Cl2N10O4+4. The van der Waals surface area contributed by atoms with Crippen LogP contribution in [0.25, 0.3) is 10.9 Å². The molecule has 3 aromatic rings. The zero-order valence-electron chi connectivity index (χ0n) is 30.9. The number of carbonyl (C=O) groups is 4. The van der Waals surface area contributed by atoms with Gasteiger partial charge in [0, 0.05) is 30.8 Å². The zero-order valence-corrected chi connectivity index (χ0v) is 32.4. The largest absolute Gasteiger partial charge is 1.00 e. The molecule has 0 spiro atoms. The lowest BCUT2D eigenvalue weighted by molar-refractivity contribution is -0.418. The van der Waals surface area contributed by atoms with Crippen LogP contribution < -0.4 is 63.4 Å². The molecule has 0 saturated heterocycles. The van der Waals surface area contributed by atoms with Crippen LogP contribution in [-0.4, -0.2) is 116 Å². The van der Waals surface area contributed by atoms with Gasteiger partial charge >= 0.3 is 0 Å². The first kappa shape index (κ1) is 47.0. The number of carbonyl (C=O) groups excluding carboxylic acids is 4. The molecule has 3 rings (SSSR count). The predicted octanol–water partition coefficient (Wildman–Crippen LogP) is -8.98. The van der Waals surface area contributed by atoms with Crippen LogP contribution in [0, 0.1) is 6.92 Å².